The van der Waals surface area contributed by atoms with Crippen molar-refractivity contribution in [3.05, 3.63) is 21.8 Å². The normalized spacial score (nSPS) is 19.8. The second kappa shape index (κ2) is 9.49. The number of ether oxygens (including phenoxy) is 2. The fraction of sp³-hybridized carbons (Fsp3) is 0.438. The lowest BCUT2D eigenvalue weighted by atomic mass is 10.1. The maximum absolute atomic E-state index is 11.9. The van der Waals surface area contributed by atoms with Gasteiger partial charge < -0.3 is 24.6 Å². The molecule has 0 radical (unpaired) electrons. The molecule has 2 N–H and O–H groups in total. The van der Waals surface area contributed by atoms with Gasteiger partial charge >= 0.3 is 11.9 Å². The standard InChI is InChI=1S/C16H16I3NO7/c1-6(2)16-26-3-7(4-27-16)20(5-21)13-11(18)8(14(22)23)10(17)9(12(13)19)15(24)25/h5-7,16H,3-4H2,1-2H3,(H,22,23)(H,24,25). The van der Waals surface area contributed by atoms with E-state index in [9.17, 15) is 24.6 Å². The first kappa shape index (κ1) is 23.0. The van der Waals surface area contributed by atoms with E-state index in [-0.39, 0.29) is 52.9 Å². The fourth-order valence-corrected chi connectivity index (χ4v) is 7.27. The molecular formula is C16H16I3NO7. The Morgan fingerprint density at radius 2 is 1.48 bits per heavy atom. The average molecular weight is 715 g/mol. The molecule has 0 atom stereocenters. The van der Waals surface area contributed by atoms with Gasteiger partial charge in [0.2, 0.25) is 6.41 Å². The smallest absolute Gasteiger partial charge is 0.337 e. The number of hydrogen-bond donors (Lipinski definition) is 2. The molecule has 1 heterocycles. The molecule has 1 saturated heterocycles. The molecule has 1 amide bonds. The summed E-state index contributed by atoms with van der Waals surface area (Å²) in [6.45, 7) is 4.30. The number of hydrogen-bond acceptors (Lipinski definition) is 5. The molecule has 11 heteroatoms. The molecule has 1 fully saturated rings. The van der Waals surface area contributed by atoms with Crippen LogP contribution < -0.4 is 4.90 Å². The number of amides is 1. The summed E-state index contributed by atoms with van der Waals surface area (Å²) in [5, 5.41) is 19.1. The van der Waals surface area contributed by atoms with Crippen molar-refractivity contribution < 1.29 is 34.1 Å². The Balaban J connectivity index is 2.57. The third-order valence-corrected chi connectivity index (χ3v) is 7.12. The van der Waals surface area contributed by atoms with Gasteiger partial charge in [-0.15, -0.1) is 0 Å². The summed E-state index contributed by atoms with van der Waals surface area (Å²) >= 11 is 5.37. The first-order valence-corrected chi connectivity index (χ1v) is 11.0. The summed E-state index contributed by atoms with van der Waals surface area (Å²) in [5.74, 6) is -2.37. The van der Waals surface area contributed by atoms with Crippen molar-refractivity contribution in [2.24, 2.45) is 5.92 Å². The molecule has 0 bridgehead atoms. The number of carbonyl (C=O) groups excluding carboxylic acids is 1. The molecule has 0 saturated carbocycles. The van der Waals surface area contributed by atoms with Crippen molar-refractivity contribution in [1.29, 1.82) is 0 Å². The van der Waals surface area contributed by atoms with Gasteiger partial charge in [-0.25, -0.2) is 9.59 Å². The van der Waals surface area contributed by atoms with E-state index in [0.29, 0.717) is 6.41 Å². The van der Waals surface area contributed by atoms with Gasteiger partial charge in [0.15, 0.2) is 6.29 Å². The number of carbonyl (C=O) groups is 3. The summed E-state index contributed by atoms with van der Waals surface area (Å²) in [5.41, 5.74) is -0.0521. The minimum absolute atomic E-state index is 0.118. The Morgan fingerprint density at radius 1 is 1.04 bits per heavy atom. The summed E-state index contributed by atoms with van der Waals surface area (Å²) < 4.78 is 12.0. The minimum Gasteiger partial charge on any atom is -0.478 e. The Hall–Kier alpha value is -0.260. The quantitative estimate of drug-likeness (QED) is 0.344. The third-order valence-electron chi connectivity index (χ3n) is 3.94. The molecule has 1 aromatic rings. The van der Waals surface area contributed by atoms with Crippen LogP contribution in [0.5, 0.6) is 0 Å². The van der Waals surface area contributed by atoms with Gasteiger partial charge in [0.25, 0.3) is 0 Å². The SMILES string of the molecule is CC(C)C1OCC(N(C=O)c2c(I)c(C(=O)O)c(I)c(C(=O)O)c2I)CO1. The summed E-state index contributed by atoms with van der Waals surface area (Å²) in [7, 11) is 0. The number of rotatable bonds is 6. The van der Waals surface area contributed by atoms with Crippen molar-refractivity contribution in [2.75, 3.05) is 18.1 Å². The van der Waals surface area contributed by atoms with Crippen LogP contribution in [0.4, 0.5) is 5.69 Å². The zero-order chi connectivity index (χ0) is 20.5. The lowest BCUT2D eigenvalue weighted by Crippen LogP contribution is -2.49. The molecular weight excluding hydrogens is 699 g/mol. The van der Waals surface area contributed by atoms with Gasteiger partial charge in [-0.3, -0.25) is 4.79 Å². The lowest BCUT2D eigenvalue weighted by molar-refractivity contribution is -0.205. The number of benzene rings is 1. The number of anilines is 1. The molecule has 27 heavy (non-hydrogen) atoms. The second-order valence-corrected chi connectivity index (χ2v) is 9.33. The van der Waals surface area contributed by atoms with Gasteiger partial charge in [0.05, 0.1) is 43.2 Å². The minimum atomic E-state index is -1.26. The van der Waals surface area contributed by atoms with E-state index in [0.717, 1.165) is 0 Å². The van der Waals surface area contributed by atoms with Crippen LogP contribution in [0.2, 0.25) is 0 Å². The summed E-state index contributed by atoms with van der Waals surface area (Å²) in [6.07, 6.45) is 0.172. The Kier molecular flexibility index (Phi) is 8.09. The first-order chi connectivity index (χ1) is 12.6. The van der Waals surface area contributed by atoms with Crippen molar-refractivity contribution in [2.45, 2.75) is 26.2 Å². The lowest BCUT2D eigenvalue weighted by Gasteiger charge is -2.37. The van der Waals surface area contributed by atoms with Gasteiger partial charge in [0.1, 0.15) is 0 Å². The highest BCUT2D eigenvalue weighted by Crippen LogP contribution is 2.38. The highest BCUT2D eigenvalue weighted by Gasteiger charge is 2.35. The predicted molar refractivity (Wildman–Crippen MR) is 121 cm³/mol. The van der Waals surface area contributed by atoms with Crippen molar-refractivity contribution in [3.63, 3.8) is 0 Å². The number of aromatic carboxylic acids is 2. The van der Waals surface area contributed by atoms with Gasteiger partial charge in [-0.1, -0.05) is 13.8 Å². The largest absolute Gasteiger partial charge is 0.478 e. The monoisotopic (exact) mass is 715 g/mol. The molecule has 1 aliphatic heterocycles. The number of halogens is 3. The molecule has 0 unspecified atom stereocenters. The summed E-state index contributed by atoms with van der Waals surface area (Å²) in [6, 6.07) is -0.497. The van der Waals surface area contributed by atoms with Crippen LogP contribution in [0, 0.1) is 16.6 Å². The highest BCUT2D eigenvalue weighted by atomic mass is 127. The van der Waals surface area contributed by atoms with E-state index in [1.807, 2.05) is 59.0 Å². The molecule has 2 rings (SSSR count). The van der Waals surface area contributed by atoms with E-state index >= 15 is 0 Å². The Labute approximate surface area is 196 Å². The molecule has 8 nitrogen and oxygen atoms in total. The number of nitrogens with zero attached hydrogens (tertiary/aromatic N) is 1. The molecule has 148 valence electrons. The Bertz CT molecular complexity index is 735. The van der Waals surface area contributed by atoms with Crippen LogP contribution in [0.1, 0.15) is 34.6 Å². The van der Waals surface area contributed by atoms with Crippen LogP contribution in [-0.4, -0.2) is 54.1 Å². The maximum Gasteiger partial charge on any atom is 0.337 e. The third kappa shape index (κ3) is 4.67. The van der Waals surface area contributed by atoms with Gasteiger partial charge in [0, 0.05) is 9.49 Å². The van der Waals surface area contributed by atoms with E-state index in [2.05, 4.69) is 0 Å². The Morgan fingerprint density at radius 3 is 1.81 bits per heavy atom. The van der Waals surface area contributed by atoms with Gasteiger partial charge in [-0.05, 0) is 67.8 Å². The molecule has 1 aliphatic rings. The topological polar surface area (TPSA) is 113 Å². The van der Waals surface area contributed by atoms with Crippen molar-refractivity contribution in [3.8, 4) is 0 Å². The number of carboxylic acid groups (broad SMARTS) is 2. The van der Waals surface area contributed by atoms with Crippen LogP contribution in [0.25, 0.3) is 0 Å². The van der Waals surface area contributed by atoms with Crippen LogP contribution in [-0.2, 0) is 14.3 Å². The van der Waals surface area contributed by atoms with Crippen LogP contribution >= 0.6 is 67.8 Å². The molecule has 1 aromatic carbocycles. The van der Waals surface area contributed by atoms with Crippen LogP contribution in [0.3, 0.4) is 0 Å². The van der Waals surface area contributed by atoms with E-state index in [1.165, 1.54) is 4.90 Å². The molecule has 0 aliphatic carbocycles. The zero-order valence-corrected chi connectivity index (χ0v) is 20.7. The maximum atomic E-state index is 11.9. The van der Waals surface area contributed by atoms with Crippen LogP contribution in [0.15, 0.2) is 0 Å². The highest BCUT2D eigenvalue weighted by molar-refractivity contribution is 14.1. The van der Waals surface area contributed by atoms with E-state index in [1.54, 1.807) is 22.6 Å². The van der Waals surface area contributed by atoms with Crippen molar-refractivity contribution >= 4 is 91.8 Å². The number of carboxylic acids is 2. The van der Waals surface area contributed by atoms with E-state index in [4.69, 9.17) is 9.47 Å². The molecule has 0 aromatic heterocycles. The first-order valence-electron chi connectivity index (χ1n) is 7.75. The van der Waals surface area contributed by atoms with Gasteiger partial charge in [-0.2, -0.15) is 0 Å². The fourth-order valence-electron chi connectivity index (χ4n) is 2.63. The average Bonchev–Trinajstić information content (AvgIpc) is 2.57. The zero-order valence-electron chi connectivity index (χ0n) is 14.2. The summed E-state index contributed by atoms with van der Waals surface area (Å²) in [4.78, 5) is 36.6. The second-order valence-electron chi connectivity index (χ2n) is 6.10. The van der Waals surface area contributed by atoms with E-state index < -0.39 is 18.0 Å². The predicted octanol–water partition coefficient (Wildman–Crippen LogP) is 3.26. The molecule has 0 spiro atoms. The van der Waals surface area contributed by atoms with Crippen molar-refractivity contribution in [1.82, 2.24) is 0 Å².